The minimum absolute atomic E-state index is 0.0922. The third-order valence-electron chi connectivity index (χ3n) is 3.12. The Bertz CT molecular complexity index is 593. The predicted octanol–water partition coefficient (Wildman–Crippen LogP) is 3.57. The van der Waals surface area contributed by atoms with Gasteiger partial charge in [-0.05, 0) is 19.8 Å². The van der Waals surface area contributed by atoms with Crippen LogP contribution in [0.3, 0.4) is 0 Å². The minimum Gasteiger partial charge on any atom is -0.352 e. The van der Waals surface area contributed by atoms with E-state index in [0.717, 1.165) is 28.4 Å². The first kappa shape index (κ1) is 13.6. The molecule has 1 atom stereocenters. The van der Waals surface area contributed by atoms with Crippen molar-refractivity contribution in [2.24, 2.45) is 0 Å². The number of amides is 1. The summed E-state index contributed by atoms with van der Waals surface area (Å²) in [5.74, 6) is 0.119. The van der Waals surface area contributed by atoms with E-state index in [9.17, 15) is 4.79 Å². The van der Waals surface area contributed by atoms with E-state index >= 15 is 0 Å². The molecule has 1 aromatic carbocycles. The summed E-state index contributed by atoms with van der Waals surface area (Å²) >= 11 is 3.13. The normalized spacial score (nSPS) is 15.8. The average Bonchev–Trinajstić information content (AvgIpc) is 3.16. The van der Waals surface area contributed by atoms with Crippen molar-refractivity contribution in [3.05, 3.63) is 35.7 Å². The zero-order chi connectivity index (χ0) is 13.9. The summed E-state index contributed by atoms with van der Waals surface area (Å²) in [5.41, 5.74) is 2.10. The van der Waals surface area contributed by atoms with Crippen molar-refractivity contribution in [1.29, 1.82) is 0 Å². The number of rotatable bonds is 5. The number of carbonyl (C=O) groups excluding carboxylic acids is 1. The number of nitrogens with zero attached hydrogens (tertiary/aromatic N) is 1. The summed E-state index contributed by atoms with van der Waals surface area (Å²) in [4.78, 5) is 16.5. The third kappa shape index (κ3) is 3.41. The van der Waals surface area contributed by atoms with Crippen molar-refractivity contribution >= 4 is 29.0 Å². The fraction of sp³-hybridized carbons (Fsp3) is 0.333. The van der Waals surface area contributed by atoms with Gasteiger partial charge in [0.25, 0.3) is 0 Å². The number of hydrogen-bond donors (Lipinski definition) is 1. The second-order valence-corrected chi connectivity index (χ2v) is 7.35. The van der Waals surface area contributed by atoms with Gasteiger partial charge in [-0.3, -0.25) is 4.79 Å². The van der Waals surface area contributed by atoms with Crippen molar-refractivity contribution in [3.8, 4) is 11.3 Å². The molecule has 3 rings (SSSR count). The molecule has 1 heterocycles. The Balaban J connectivity index is 1.63. The van der Waals surface area contributed by atoms with Gasteiger partial charge in [0.2, 0.25) is 5.91 Å². The molecule has 0 bridgehead atoms. The third-order valence-corrected chi connectivity index (χ3v) is 5.20. The SMILES string of the molecule is C[C@@H](Sc1nc(-c2ccccc2)cs1)C(=O)NC1CC1. The Kier molecular flexibility index (Phi) is 4.08. The van der Waals surface area contributed by atoms with E-state index in [0.29, 0.717) is 6.04 Å². The van der Waals surface area contributed by atoms with Gasteiger partial charge in [0, 0.05) is 17.0 Å². The molecule has 1 N–H and O–H groups in total. The maximum atomic E-state index is 11.9. The van der Waals surface area contributed by atoms with Crippen LogP contribution < -0.4 is 5.32 Å². The molecule has 3 nitrogen and oxygen atoms in total. The molecule has 104 valence electrons. The highest BCUT2D eigenvalue weighted by Crippen LogP contribution is 2.31. The van der Waals surface area contributed by atoms with E-state index in [1.54, 1.807) is 11.3 Å². The van der Waals surface area contributed by atoms with E-state index < -0.39 is 0 Å². The minimum atomic E-state index is -0.0922. The Morgan fingerprint density at radius 1 is 1.40 bits per heavy atom. The number of nitrogens with one attached hydrogen (secondary N) is 1. The van der Waals surface area contributed by atoms with Crippen molar-refractivity contribution in [2.75, 3.05) is 0 Å². The van der Waals surface area contributed by atoms with Crippen LogP contribution in [0.15, 0.2) is 40.1 Å². The maximum Gasteiger partial charge on any atom is 0.233 e. The first-order valence-electron chi connectivity index (χ1n) is 6.70. The van der Waals surface area contributed by atoms with Crippen LogP contribution in [-0.4, -0.2) is 22.2 Å². The first-order chi connectivity index (χ1) is 9.72. The standard InChI is InChI=1S/C15H16N2OS2/c1-10(14(18)16-12-7-8-12)20-15-17-13(9-19-15)11-5-3-2-4-6-11/h2-6,9-10,12H,7-8H2,1H3,(H,16,18)/t10-/m1/s1. The van der Waals surface area contributed by atoms with Crippen LogP contribution >= 0.6 is 23.1 Å². The Morgan fingerprint density at radius 2 is 2.15 bits per heavy atom. The second-order valence-electron chi connectivity index (χ2n) is 4.91. The summed E-state index contributed by atoms with van der Waals surface area (Å²) in [7, 11) is 0. The number of benzene rings is 1. The van der Waals surface area contributed by atoms with Crippen LogP contribution in [-0.2, 0) is 4.79 Å². The fourth-order valence-electron chi connectivity index (χ4n) is 1.80. The van der Waals surface area contributed by atoms with Crippen molar-refractivity contribution in [1.82, 2.24) is 10.3 Å². The highest BCUT2D eigenvalue weighted by molar-refractivity contribution is 8.02. The molecular formula is C15H16N2OS2. The van der Waals surface area contributed by atoms with Gasteiger partial charge < -0.3 is 5.32 Å². The highest BCUT2D eigenvalue weighted by atomic mass is 32.2. The summed E-state index contributed by atoms with van der Waals surface area (Å²) in [6.07, 6.45) is 2.25. The van der Waals surface area contributed by atoms with Gasteiger partial charge >= 0.3 is 0 Å². The van der Waals surface area contributed by atoms with Crippen molar-refractivity contribution in [2.45, 2.75) is 35.4 Å². The van der Waals surface area contributed by atoms with Gasteiger partial charge in [0.05, 0.1) is 10.9 Å². The lowest BCUT2D eigenvalue weighted by molar-refractivity contribution is -0.120. The number of thioether (sulfide) groups is 1. The molecular weight excluding hydrogens is 288 g/mol. The Hall–Kier alpha value is -1.33. The van der Waals surface area contributed by atoms with Crippen LogP contribution in [0.25, 0.3) is 11.3 Å². The van der Waals surface area contributed by atoms with Crippen LogP contribution in [0, 0.1) is 0 Å². The first-order valence-corrected chi connectivity index (χ1v) is 8.46. The van der Waals surface area contributed by atoms with Gasteiger partial charge in [-0.15, -0.1) is 11.3 Å². The number of hydrogen-bond acceptors (Lipinski definition) is 4. The monoisotopic (exact) mass is 304 g/mol. The summed E-state index contributed by atoms with van der Waals surface area (Å²) < 4.78 is 0.947. The molecule has 0 radical (unpaired) electrons. The van der Waals surface area contributed by atoms with E-state index in [1.807, 2.05) is 42.6 Å². The fourth-order valence-corrected chi connectivity index (χ4v) is 3.78. The maximum absolute atomic E-state index is 11.9. The van der Waals surface area contributed by atoms with E-state index in [2.05, 4.69) is 10.3 Å². The molecule has 1 fully saturated rings. The number of thiazole rings is 1. The molecule has 1 aliphatic carbocycles. The van der Waals surface area contributed by atoms with Gasteiger partial charge in [-0.1, -0.05) is 42.1 Å². The number of aromatic nitrogens is 1. The van der Waals surface area contributed by atoms with Crippen LogP contribution in [0.1, 0.15) is 19.8 Å². The van der Waals surface area contributed by atoms with Gasteiger partial charge in [0.1, 0.15) is 0 Å². The topological polar surface area (TPSA) is 42.0 Å². The quantitative estimate of drug-likeness (QED) is 0.859. The molecule has 0 spiro atoms. The molecule has 0 aliphatic heterocycles. The Morgan fingerprint density at radius 3 is 2.85 bits per heavy atom. The largest absolute Gasteiger partial charge is 0.352 e. The molecule has 1 amide bonds. The molecule has 1 aliphatic rings. The smallest absolute Gasteiger partial charge is 0.233 e. The lowest BCUT2D eigenvalue weighted by Gasteiger charge is -2.09. The molecule has 1 aromatic heterocycles. The van der Waals surface area contributed by atoms with Crippen molar-refractivity contribution in [3.63, 3.8) is 0 Å². The lowest BCUT2D eigenvalue weighted by atomic mass is 10.2. The average molecular weight is 304 g/mol. The van der Waals surface area contributed by atoms with E-state index in [-0.39, 0.29) is 11.2 Å². The summed E-state index contributed by atoms with van der Waals surface area (Å²) in [6, 6.07) is 10.5. The summed E-state index contributed by atoms with van der Waals surface area (Å²) in [6.45, 7) is 1.94. The van der Waals surface area contributed by atoms with Gasteiger partial charge in [-0.2, -0.15) is 0 Å². The molecule has 5 heteroatoms. The zero-order valence-corrected chi connectivity index (χ0v) is 12.8. The molecule has 20 heavy (non-hydrogen) atoms. The predicted molar refractivity (Wildman–Crippen MR) is 84.0 cm³/mol. The van der Waals surface area contributed by atoms with Crippen LogP contribution in [0.2, 0.25) is 0 Å². The zero-order valence-electron chi connectivity index (χ0n) is 11.2. The number of carbonyl (C=O) groups is 1. The molecule has 0 unspecified atom stereocenters. The Labute approximate surface area is 126 Å². The van der Waals surface area contributed by atoms with E-state index in [4.69, 9.17) is 0 Å². The highest BCUT2D eigenvalue weighted by Gasteiger charge is 2.26. The van der Waals surface area contributed by atoms with Gasteiger partial charge in [-0.25, -0.2) is 4.98 Å². The van der Waals surface area contributed by atoms with Crippen molar-refractivity contribution < 1.29 is 4.79 Å². The van der Waals surface area contributed by atoms with Crippen LogP contribution in [0.5, 0.6) is 0 Å². The molecule has 1 saturated carbocycles. The van der Waals surface area contributed by atoms with Crippen LogP contribution in [0.4, 0.5) is 0 Å². The van der Waals surface area contributed by atoms with E-state index in [1.165, 1.54) is 11.8 Å². The van der Waals surface area contributed by atoms with Gasteiger partial charge in [0.15, 0.2) is 4.34 Å². The lowest BCUT2D eigenvalue weighted by Crippen LogP contribution is -2.32. The molecule has 0 saturated heterocycles. The summed E-state index contributed by atoms with van der Waals surface area (Å²) in [5, 5.41) is 4.98. The molecule has 2 aromatic rings. The second kappa shape index (κ2) is 5.97.